The maximum Gasteiger partial charge on any atom is 0.238 e. The van der Waals surface area contributed by atoms with Gasteiger partial charge in [0, 0.05) is 36.6 Å². The molecule has 1 aliphatic heterocycles. The molecule has 2 aromatic carbocycles. The summed E-state index contributed by atoms with van der Waals surface area (Å²) < 4.78 is 5.85. The molecule has 7 heteroatoms. The van der Waals surface area contributed by atoms with Gasteiger partial charge < -0.3 is 15.0 Å². The van der Waals surface area contributed by atoms with Gasteiger partial charge in [-0.3, -0.25) is 14.7 Å². The van der Waals surface area contributed by atoms with Crippen LogP contribution in [0.25, 0.3) is 21.8 Å². The standard InChI is InChI=1S/C25H27N5O2/c1-17-27-23-5-4-22(12-24(23)28-17)29-25(31)15-30-8-9-32-16-19(14-30)10-18-2-3-20-6-7-26-13-21(20)11-18/h2-7,11-13,19H,8-10,14-16H2,1H3,(H,27,28)(H,29,31). The third-order valence-corrected chi connectivity index (χ3v) is 5.90. The first-order valence-electron chi connectivity index (χ1n) is 11.0. The van der Waals surface area contributed by atoms with E-state index in [0.29, 0.717) is 25.7 Å². The Morgan fingerprint density at radius 2 is 2.16 bits per heavy atom. The third-order valence-electron chi connectivity index (χ3n) is 5.90. The first kappa shape index (κ1) is 20.6. The fraction of sp³-hybridized carbons (Fsp3) is 0.320. The number of pyridine rings is 1. The summed E-state index contributed by atoms with van der Waals surface area (Å²) in [5, 5.41) is 5.37. The maximum atomic E-state index is 12.7. The lowest BCUT2D eigenvalue weighted by molar-refractivity contribution is -0.117. The van der Waals surface area contributed by atoms with Crippen molar-refractivity contribution in [1.29, 1.82) is 0 Å². The van der Waals surface area contributed by atoms with Gasteiger partial charge in [0.15, 0.2) is 0 Å². The van der Waals surface area contributed by atoms with Crippen LogP contribution < -0.4 is 5.32 Å². The maximum absolute atomic E-state index is 12.7. The normalized spacial score (nSPS) is 17.5. The number of aromatic amines is 1. The van der Waals surface area contributed by atoms with E-state index in [1.54, 1.807) is 0 Å². The molecule has 0 radical (unpaired) electrons. The zero-order valence-electron chi connectivity index (χ0n) is 18.2. The number of hydrogen-bond acceptors (Lipinski definition) is 5. The number of aromatic nitrogens is 3. The summed E-state index contributed by atoms with van der Waals surface area (Å²) in [6.07, 6.45) is 4.64. The Bertz CT molecular complexity index is 1250. The lowest BCUT2D eigenvalue weighted by Gasteiger charge is -2.23. The van der Waals surface area contributed by atoms with Crippen LogP contribution in [-0.2, 0) is 16.0 Å². The number of carbonyl (C=O) groups is 1. The summed E-state index contributed by atoms with van der Waals surface area (Å²) >= 11 is 0. The van der Waals surface area contributed by atoms with E-state index in [2.05, 4.69) is 43.4 Å². The van der Waals surface area contributed by atoms with Gasteiger partial charge in [-0.25, -0.2) is 4.98 Å². The Labute approximate surface area is 186 Å². The minimum absolute atomic E-state index is 0.0157. The summed E-state index contributed by atoms with van der Waals surface area (Å²) in [5.41, 5.74) is 3.87. The number of nitrogens with one attached hydrogen (secondary N) is 2. The average molecular weight is 430 g/mol. The largest absolute Gasteiger partial charge is 0.380 e. The predicted molar refractivity (Wildman–Crippen MR) is 126 cm³/mol. The molecule has 0 bridgehead atoms. The molecule has 4 aromatic rings. The van der Waals surface area contributed by atoms with Crippen LogP contribution in [0.3, 0.4) is 0 Å². The SMILES string of the molecule is Cc1nc2ccc(NC(=O)CN3CCOCC(Cc4ccc5ccncc5c4)C3)cc2[nH]1. The highest BCUT2D eigenvalue weighted by molar-refractivity contribution is 5.94. The minimum Gasteiger partial charge on any atom is -0.380 e. The van der Waals surface area contributed by atoms with Crippen molar-refractivity contribution < 1.29 is 9.53 Å². The Hall–Kier alpha value is -3.29. The van der Waals surface area contributed by atoms with E-state index in [4.69, 9.17) is 4.74 Å². The molecule has 1 atom stereocenters. The van der Waals surface area contributed by atoms with E-state index in [-0.39, 0.29) is 5.91 Å². The molecule has 5 rings (SSSR count). The molecule has 0 aliphatic carbocycles. The van der Waals surface area contributed by atoms with Crippen LogP contribution in [0.2, 0.25) is 0 Å². The summed E-state index contributed by atoms with van der Waals surface area (Å²) in [5.74, 6) is 1.18. The van der Waals surface area contributed by atoms with Crippen molar-refractivity contribution in [2.75, 3.05) is 38.2 Å². The first-order chi connectivity index (χ1) is 15.6. The average Bonchev–Trinajstić information content (AvgIpc) is 3.01. The summed E-state index contributed by atoms with van der Waals surface area (Å²) in [4.78, 5) is 26.7. The highest BCUT2D eigenvalue weighted by Crippen LogP contribution is 2.20. The number of ether oxygens (including phenoxy) is 1. The Morgan fingerprint density at radius 3 is 3.09 bits per heavy atom. The second-order valence-electron chi connectivity index (χ2n) is 8.54. The number of aryl methyl sites for hydroxylation is 1. The summed E-state index contributed by atoms with van der Waals surface area (Å²) in [6, 6.07) is 14.3. The number of nitrogens with zero attached hydrogens (tertiary/aromatic N) is 3. The summed E-state index contributed by atoms with van der Waals surface area (Å²) in [6.45, 7) is 5.21. The van der Waals surface area contributed by atoms with Crippen LogP contribution >= 0.6 is 0 Å². The van der Waals surface area contributed by atoms with E-state index in [1.165, 1.54) is 10.9 Å². The molecule has 1 fully saturated rings. The topological polar surface area (TPSA) is 83.1 Å². The molecule has 164 valence electrons. The number of H-pyrrole nitrogens is 1. The van der Waals surface area contributed by atoms with E-state index in [1.807, 2.05) is 43.6 Å². The van der Waals surface area contributed by atoms with Crippen molar-refractivity contribution in [2.45, 2.75) is 13.3 Å². The summed E-state index contributed by atoms with van der Waals surface area (Å²) in [7, 11) is 0. The molecule has 32 heavy (non-hydrogen) atoms. The minimum atomic E-state index is -0.0157. The molecular formula is C25H27N5O2. The monoisotopic (exact) mass is 429 g/mol. The number of fused-ring (bicyclic) bond motifs is 2. The lowest BCUT2D eigenvalue weighted by Crippen LogP contribution is -2.37. The van der Waals surface area contributed by atoms with Crippen molar-refractivity contribution in [1.82, 2.24) is 19.9 Å². The van der Waals surface area contributed by atoms with Gasteiger partial charge in [0.05, 0.1) is 30.8 Å². The van der Waals surface area contributed by atoms with E-state index in [9.17, 15) is 4.79 Å². The molecule has 1 amide bonds. The van der Waals surface area contributed by atoms with Crippen LogP contribution in [-0.4, -0.2) is 58.6 Å². The van der Waals surface area contributed by atoms with Crippen molar-refractivity contribution >= 4 is 33.4 Å². The van der Waals surface area contributed by atoms with Gasteiger partial charge in [0.1, 0.15) is 5.82 Å². The number of rotatable bonds is 5. The van der Waals surface area contributed by atoms with Gasteiger partial charge in [-0.05, 0) is 60.5 Å². The quantitative estimate of drug-likeness (QED) is 0.507. The van der Waals surface area contributed by atoms with Gasteiger partial charge in [-0.1, -0.05) is 12.1 Å². The third kappa shape index (κ3) is 4.79. The smallest absolute Gasteiger partial charge is 0.238 e. The van der Waals surface area contributed by atoms with Crippen LogP contribution in [0, 0.1) is 12.8 Å². The van der Waals surface area contributed by atoms with Gasteiger partial charge in [0.25, 0.3) is 0 Å². The van der Waals surface area contributed by atoms with Crippen LogP contribution in [0.15, 0.2) is 54.9 Å². The molecule has 1 unspecified atom stereocenters. The number of amides is 1. The Morgan fingerprint density at radius 1 is 1.22 bits per heavy atom. The fourth-order valence-corrected chi connectivity index (χ4v) is 4.43. The van der Waals surface area contributed by atoms with Crippen molar-refractivity contribution in [2.24, 2.45) is 5.92 Å². The van der Waals surface area contributed by atoms with Gasteiger partial charge in [-0.15, -0.1) is 0 Å². The van der Waals surface area contributed by atoms with E-state index >= 15 is 0 Å². The fourth-order valence-electron chi connectivity index (χ4n) is 4.43. The molecular weight excluding hydrogens is 402 g/mol. The first-order valence-corrected chi connectivity index (χ1v) is 11.0. The number of carbonyl (C=O) groups excluding carboxylic acids is 1. The second-order valence-corrected chi connectivity index (χ2v) is 8.54. The van der Waals surface area contributed by atoms with E-state index < -0.39 is 0 Å². The highest BCUT2D eigenvalue weighted by atomic mass is 16.5. The number of benzene rings is 2. The van der Waals surface area contributed by atoms with Crippen molar-refractivity contribution in [3.05, 3.63) is 66.2 Å². The van der Waals surface area contributed by atoms with Crippen LogP contribution in [0.5, 0.6) is 0 Å². The van der Waals surface area contributed by atoms with Gasteiger partial charge in [0.2, 0.25) is 5.91 Å². The van der Waals surface area contributed by atoms with Gasteiger partial charge >= 0.3 is 0 Å². The number of hydrogen-bond donors (Lipinski definition) is 2. The van der Waals surface area contributed by atoms with Crippen molar-refractivity contribution in [3.63, 3.8) is 0 Å². The predicted octanol–water partition coefficient (Wildman–Crippen LogP) is 3.55. The van der Waals surface area contributed by atoms with Crippen LogP contribution in [0.4, 0.5) is 5.69 Å². The molecule has 0 spiro atoms. The lowest BCUT2D eigenvalue weighted by atomic mass is 9.98. The molecule has 1 saturated heterocycles. The zero-order valence-corrected chi connectivity index (χ0v) is 18.2. The Kier molecular flexibility index (Phi) is 5.83. The number of anilines is 1. The van der Waals surface area contributed by atoms with Gasteiger partial charge in [-0.2, -0.15) is 0 Å². The number of imidazole rings is 1. The Balaban J connectivity index is 1.21. The highest BCUT2D eigenvalue weighted by Gasteiger charge is 2.21. The molecule has 7 nitrogen and oxygen atoms in total. The van der Waals surface area contributed by atoms with Crippen LogP contribution in [0.1, 0.15) is 11.4 Å². The molecule has 1 aliphatic rings. The zero-order chi connectivity index (χ0) is 21.9. The molecule has 3 heterocycles. The second kappa shape index (κ2) is 9.06. The molecule has 2 N–H and O–H groups in total. The molecule has 0 saturated carbocycles. The molecule has 2 aromatic heterocycles. The van der Waals surface area contributed by atoms with Crippen molar-refractivity contribution in [3.8, 4) is 0 Å². The van der Waals surface area contributed by atoms with E-state index in [0.717, 1.165) is 47.4 Å².